The van der Waals surface area contributed by atoms with Crippen molar-refractivity contribution in [3.63, 3.8) is 0 Å². The summed E-state index contributed by atoms with van der Waals surface area (Å²) in [7, 11) is 2.10. The molecule has 5 heteroatoms. The fraction of sp³-hybridized carbons (Fsp3) is 0.136. The average molecular weight is 396 g/mol. The summed E-state index contributed by atoms with van der Waals surface area (Å²) in [5, 5.41) is 1.17. The van der Waals surface area contributed by atoms with Gasteiger partial charge in [0.1, 0.15) is 5.65 Å². The minimum Gasteiger partial charge on any atom is -0.302 e. The highest BCUT2D eigenvalue weighted by molar-refractivity contribution is 6.42. The van der Waals surface area contributed by atoms with E-state index in [4.69, 9.17) is 28.2 Å². The molecule has 0 amide bonds. The third-order valence-corrected chi connectivity index (χ3v) is 5.27. The number of pyridine rings is 1. The summed E-state index contributed by atoms with van der Waals surface area (Å²) in [6, 6.07) is 22.2. The molecular formula is C22H19Cl2N3. The lowest BCUT2D eigenvalue weighted by Crippen LogP contribution is -2.18. The first-order valence-electron chi connectivity index (χ1n) is 8.75. The van der Waals surface area contributed by atoms with E-state index < -0.39 is 0 Å². The summed E-state index contributed by atoms with van der Waals surface area (Å²) in [6.45, 7) is 1.53. The van der Waals surface area contributed by atoms with Gasteiger partial charge in [0.15, 0.2) is 0 Å². The molecule has 0 atom stereocenters. The molecule has 2 aromatic heterocycles. The molecule has 0 spiro atoms. The Morgan fingerprint density at radius 1 is 0.889 bits per heavy atom. The topological polar surface area (TPSA) is 20.5 Å². The van der Waals surface area contributed by atoms with E-state index >= 15 is 0 Å². The minimum absolute atomic E-state index is 0.580. The summed E-state index contributed by atoms with van der Waals surface area (Å²) in [5.74, 6) is 0. The van der Waals surface area contributed by atoms with Crippen LogP contribution in [0.1, 0.15) is 11.3 Å². The molecule has 2 heterocycles. The number of hydrogen-bond acceptors (Lipinski definition) is 2. The van der Waals surface area contributed by atoms with Crippen LogP contribution in [0.15, 0.2) is 72.9 Å². The lowest BCUT2D eigenvalue weighted by Gasteiger charge is -2.18. The number of hydrogen-bond donors (Lipinski definition) is 0. The quantitative estimate of drug-likeness (QED) is 0.416. The molecule has 0 saturated heterocycles. The van der Waals surface area contributed by atoms with Gasteiger partial charge in [0, 0.05) is 24.8 Å². The Morgan fingerprint density at radius 2 is 1.67 bits per heavy atom. The van der Waals surface area contributed by atoms with Crippen molar-refractivity contribution in [1.29, 1.82) is 0 Å². The van der Waals surface area contributed by atoms with Crippen LogP contribution in [0.25, 0.3) is 16.9 Å². The van der Waals surface area contributed by atoms with Gasteiger partial charge >= 0.3 is 0 Å². The zero-order valence-electron chi connectivity index (χ0n) is 14.9. The highest BCUT2D eigenvalue weighted by atomic mass is 35.5. The van der Waals surface area contributed by atoms with Crippen molar-refractivity contribution in [2.45, 2.75) is 13.1 Å². The first-order chi connectivity index (χ1) is 13.1. The van der Waals surface area contributed by atoms with Crippen LogP contribution in [0.2, 0.25) is 10.0 Å². The SMILES string of the molecule is CN(Cc1ccc(Cl)c(Cl)c1)Cc1c(-c2ccccc2)nc2ccccn12. The standard InChI is InChI=1S/C22H19Cl2N3/c1-26(14-16-10-11-18(23)19(24)13-16)15-20-22(17-7-3-2-4-8-17)25-21-9-5-6-12-27(20)21/h2-13H,14-15H2,1H3. The van der Waals surface area contributed by atoms with Crippen LogP contribution in [-0.2, 0) is 13.1 Å². The molecule has 4 rings (SSSR count). The molecule has 0 saturated carbocycles. The smallest absolute Gasteiger partial charge is 0.137 e. The Kier molecular flexibility index (Phi) is 5.17. The molecule has 4 aromatic rings. The van der Waals surface area contributed by atoms with Crippen LogP contribution >= 0.6 is 23.2 Å². The van der Waals surface area contributed by atoms with Crippen LogP contribution in [0.3, 0.4) is 0 Å². The van der Waals surface area contributed by atoms with Crippen molar-refractivity contribution in [3.8, 4) is 11.3 Å². The Morgan fingerprint density at radius 3 is 2.44 bits per heavy atom. The second-order valence-electron chi connectivity index (χ2n) is 6.62. The van der Waals surface area contributed by atoms with E-state index in [1.165, 1.54) is 5.69 Å². The number of aromatic nitrogens is 2. The lowest BCUT2D eigenvalue weighted by molar-refractivity contribution is 0.314. The third-order valence-electron chi connectivity index (χ3n) is 4.53. The summed E-state index contributed by atoms with van der Waals surface area (Å²) in [4.78, 5) is 7.12. The number of benzene rings is 2. The molecule has 136 valence electrons. The van der Waals surface area contributed by atoms with Crippen LogP contribution in [0.5, 0.6) is 0 Å². The van der Waals surface area contributed by atoms with E-state index in [0.29, 0.717) is 10.0 Å². The van der Waals surface area contributed by atoms with Crippen molar-refractivity contribution in [2.24, 2.45) is 0 Å². The molecular weight excluding hydrogens is 377 g/mol. The molecule has 0 fully saturated rings. The zero-order valence-corrected chi connectivity index (χ0v) is 16.5. The highest BCUT2D eigenvalue weighted by Crippen LogP contribution is 2.27. The van der Waals surface area contributed by atoms with Crippen LogP contribution in [-0.4, -0.2) is 21.3 Å². The molecule has 27 heavy (non-hydrogen) atoms. The van der Waals surface area contributed by atoms with Crippen molar-refractivity contribution < 1.29 is 0 Å². The molecule has 0 N–H and O–H groups in total. The zero-order chi connectivity index (χ0) is 18.8. The second kappa shape index (κ2) is 7.73. The van der Waals surface area contributed by atoms with Crippen molar-refractivity contribution in [1.82, 2.24) is 14.3 Å². The fourth-order valence-electron chi connectivity index (χ4n) is 3.29. The van der Waals surface area contributed by atoms with Gasteiger partial charge in [0.05, 0.1) is 21.4 Å². The van der Waals surface area contributed by atoms with Crippen molar-refractivity contribution >= 4 is 28.8 Å². The van der Waals surface area contributed by atoms with E-state index in [0.717, 1.165) is 35.6 Å². The van der Waals surface area contributed by atoms with E-state index in [-0.39, 0.29) is 0 Å². The number of halogens is 2. The maximum atomic E-state index is 6.16. The lowest BCUT2D eigenvalue weighted by atomic mass is 10.1. The van der Waals surface area contributed by atoms with Crippen LogP contribution in [0.4, 0.5) is 0 Å². The van der Waals surface area contributed by atoms with Gasteiger partial charge in [-0.2, -0.15) is 0 Å². The van der Waals surface area contributed by atoms with Gasteiger partial charge in [-0.3, -0.25) is 4.90 Å². The maximum absolute atomic E-state index is 6.16. The summed E-state index contributed by atoms with van der Waals surface area (Å²) in [5.41, 5.74) is 5.39. The number of imidazole rings is 1. The fourth-order valence-corrected chi connectivity index (χ4v) is 3.61. The van der Waals surface area contributed by atoms with Crippen LogP contribution in [0, 0.1) is 0 Å². The Hall–Kier alpha value is -2.33. The van der Waals surface area contributed by atoms with Gasteiger partial charge in [-0.05, 0) is 36.9 Å². The minimum atomic E-state index is 0.580. The van der Waals surface area contributed by atoms with Crippen LogP contribution < -0.4 is 0 Å². The molecule has 0 radical (unpaired) electrons. The first kappa shape index (κ1) is 18.1. The summed E-state index contributed by atoms with van der Waals surface area (Å²) < 4.78 is 2.16. The van der Waals surface area contributed by atoms with E-state index in [1.54, 1.807) is 0 Å². The monoisotopic (exact) mass is 395 g/mol. The second-order valence-corrected chi connectivity index (χ2v) is 7.44. The predicted molar refractivity (Wildman–Crippen MR) is 112 cm³/mol. The van der Waals surface area contributed by atoms with Crippen molar-refractivity contribution in [2.75, 3.05) is 7.05 Å². The van der Waals surface area contributed by atoms with Gasteiger partial charge < -0.3 is 4.40 Å². The molecule has 0 bridgehead atoms. The largest absolute Gasteiger partial charge is 0.302 e. The average Bonchev–Trinajstić information content (AvgIpc) is 3.04. The van der Waals surface area contributed by atoms with Gasteiger partial charge in [-0.1, -0.05) is 65.7 Å². The molecule has 0 unspecified atom stereocenters. The molecule has 0 aliphatic rings. The van der Waals surface area contributed by atoms with E-state index in [9.17, 15) is 0 Å². The third kappa shape index (κ3) is 3.86. The highest BCUT2D eigenvalue weighted by Gasteiger charge is 2.15. The molecule has 0 aliphatic carbocycles. The summed E-state index contributed by atoms with van der Waals surface area (Å²) in [6.07, 6.45) is 2.07. The van der Waals surface area contributed by atoms with Crippen molar-refractivity contribution in [3.05, 3.63) is 94.2 Å². The normalized spacial score (nSPS) is 11.4. The molecule has 0 aliphatic heterocycles. The van der Waals surface area contributed by atoms with Gasteiger partial charge in [0.2, 0.25) is 0 Å². The van der Waals surface area contributed by atoms with Gasteiger partial charge in [0.25, 0.3) is 0 Å². The predicted octanol–water partition coefficient (Wildman–Crippen LogP) is 5.94. The van der Waals surface area contributed by atoms with Gasteiger partial charge in [-0.15, -0.1) is 0 Å². The number of rotatable bonds is 5. The van der Waals surface area contributed by atoms with E-state index in [1.807, 2.05) is 54.6 Å². The Labute approximate surface area is 168 Å². The van der Waals surface area contributed by atoms with E-state index in [2.05, 4.69) is 34.7 Å². The Balaban J connectivity index is 1.67. The van der Waals surface area contributed by atoms with Gasteiger partial charge in [-0.25, -0.2) is 4.98 Å². The first-order valence-corrected chi connectivity index (χ1v) is 9.51. The number of nitrogens with zero attached hydrogens (tertiary/aromatic N) is 3. The molecule has 3 nitrogen and oxygen atoms in total. The maximum Gasteiger partial charge on any atom is 0.137 e. The summed E-state index contributed by atoms with van der Waals surface area (Å²) >= 11 is 12.2. The number of fused-ring (bicyclic) bond motifs is 1. The Bertz CT molecular complexity index is 1070. The molecule has 2 aromatic carbocycles.